The Hall–Kier alpha value is -1.54. The molecule has 0 saturated carbocycles. The molecule has 2 saturated heterocycles. The summed E-state index contributed by atoms with van der Waals surface area (Å²) >= 11 is 0. The summed E-state index contributed by atoms with van der Waals surface area (Å²) in [6, 6.07) is 8.68. The van der Waals surface area contributed by atoms with Gasteiger partial charge in [0.2, 0.25) is 0 Å². The van der Waals surface area contributed by atoms with Crippen LogP contribution in [0.25, 0.3) is 0 Å². The Morgan fingerprint density at radius 3 is 2.32 bits per heavy atom. The van der Waals surface area contributed by atoms with Crippen molar-refractivity contribution in [1.29, 1.82) is 0 Å². The van der Waals surface area contributed by atoms with Gasteiger partial charge in [-0.3, -0.25) is 0 Å². The zero-order chi connectivity index (χ0) is 20.5. The lowest BCUT2D eigenvalue weighted by molar-refractivity contribution is -0.0236. The standard InChI is InChI=1S/C20H28F2N2O3S/c1-19(2,3)28(26)23-20(17(21)22)11-15-9-10-16(12-20)24(15)18(25)27-13-14-7-5-4-6-8-14/h4-8,15-17,23H,9-13H2,1-3H3/t15-,16+,20?,28?. The van der Waals surface area contributed by atoms with Gasteiger partial charge < -0.3 is 9.64 Å². The second-order valence-electron chi connectivity index (χ2n) is 8.68. The van der Waals surface area contributed by atoms with Crippen molar-refractivity contribution in [2.75, 3.05) is 0 Å². The zero-order valence-electron chi connectivity index (χ0n) is 16.5. The van der Waals surface area contributed by atoms with Gasteiger partial charge in [-0.15, -0.1) is 0 Å². The third-order valence-corrected chi connectivity index (χ3v) is 7.21. The average molecular weight is 415 g/mol. The maximum Gasteiger partial charge on any atom is 0.410 e. The summed E-state index contributed by atoms with van der Waals surface area (Å²) < 4.78 is 48.2. The monoisotopic (exact) mass is 414 g/mol. The van der Waals surface area contributed by atoms with E-state index in [4.69, 9.17) is 4.74 Å². The first kappa shape index (κ1) is 21.2. The number of carbonyl (C=O) groups excluding carboxylic acids is 1. The van der Waals surface area contributed by atoms with Crippen LogP contribution >= 0.6 is 0 Å². The van der Waals surface area contributed by atoms with Gasteiger partial charge in [-0.05, 0) is 52.0 Å². The number of nitrogens with one attached hydrogen (secondary N) is 1. The van der Waals surface area contributed by atoms with Crippen molar-refractivity contribution >= 4 is 17.1 Å². The molecule has 8 heteroatoms. The van der Waals surface area contributed by atoms with Crippen molar-refractivity contribution in [2.24, 2.45) is 0 Å². The molecule has 4 atom stereocenters. The minimum Gasteiger partial charge on any atom is -0.445 e. The summed E-state index contributed by atoms with van der Waals surface area (Å²) in [6.07, 6.45) is -1.67. The first-order valence-electron chi connectivity index (χ1n) is 9.59. The molecule has 28 heavy (non-hydrogen) atoms. The van der Waals surface area contributed by atoms with Crippen LogP contribution in [-0.4, -0.2) is 44.0 Å². The first-order valence-corrected chi connectivity index (χ1v) is 10.7. The van der Waals surface area contributed by atoms with Gasteiger partial charge >= 0.3 is 6.09 Å². The van der Waals surface area contributed by atoms with E-state index < -0.39 is 33.8 Å². The van der Waals surface area contributed by atoms with Gasteiger partial charge in [-0.25, -0.2) is 22.5 Å². The molecule has 1 aromatic carbocycles. The fourth-order valence-electron chi connectivity index (χ4n) is 4.02. The zero-order valence-corrected chi connectivity index (χ0v) is 17.3. The lowest BCUT2D eigenvalue weighted by Gasteiger charge is -2.46. The molecule has 5 nitrogen and oxygen atoms in total. The molecule has 0 aromatic heterocycles. The van der Waals surface area contributed by atoms with Gasteiger partial charge in [0.15, 0.2) is 0 Å². The second-order valence-corrected chi connectivity index (χ2v) is 10.6. The van der Waals surface area contributed by atoms with Crippen molar-refractivity contribution in [2.45, 2.75) is 81.9 Å². The summed E-state index contributed by atoms with van der Waals surface area (Å²) in [5, 5.41) is 0. The van der Waals surface area contributed by atoms with Crippen LogP contribution in [0.15, 0.2) is 30.3 Å². The topological polar surface area (TPSA) is 58.6 Å². The van der Waals surface area contributed by atoms with Crippen LogP contribution in [0.3, 0.4) is 0 Å². The molecule has 3 rings (SSSR count). The van der Waals surface area contributed by atoms with Crippen molar-refractivity contribution in [3.8, 4) is 0 Å². The summed E-state index contributed by atoms with van der Waals surface area (Å²) in [4.78, 5) is 14.2. The largest absolute Gasteiger partial charge is 0.445 e. The normalized spacial score (nSPS) is 28.4. The number of halogens is 2. The summed E-state index contributed by atoms with van der Waals surface area (Å²) in [7, 11) is -1.61. The van der Waals surface area contributed by atoms with E-state index in [0.717, 1.165) is 5.56 Å². The van der Waals surface area contributed by atoms with E-state index in [1.165, 1.54) is 0 Å². The molecule has 156 valence electrons. The molecule has 0 radical (unpaired) electrons. The van der Waals surface area contributed by atoms with E-state index in [9.17, 15) is 17.8 Å². The number of carbonyl (C=O) groups is 1. The number of hydrogen-bond donors (Lipinski definition) is 1. The summed E-state index contributed by atoms with van der Waals surface area (Å²) in [5.74, 6) is 0. The van der Waals surface area contributed by atoms with E-state index in [-0.39, 0.29) is 31.5 Å². The van der Waals surface area contributed by atoms with E-state index in [1.54, 1.807) is 25.7 Å². The molecule has 2 heterocycles. The number of piperidine rings is 1. The molecule has 2 bridgehead atoms. The fraction of sp³-hybridized carbons (Fsp3) is 0.650. The highest BCUT2D eigenvalue weighted by Crippen LogP contribution is 2.44. The maximum atomic E-state index is 14.1. The average Bonchev–Trinajstić information content (AvgIpc) is 2.91. The van der Waals surface area contributed by atoms with Gasteiger partial charge in [0, 0.05) is 12.1 Å². The Morgan fingerprint density at radius 1 is 1.25 bits per heavy atom. The lowest BCUT2D eigenvalue weighted by atomic mass is 9.84. The smallest absolute Gasteiger partial charge is 0.410 e. The number of fused-ring (bicyclic) bond motifs is 2. The minimum atomic E-state index is -2.66. The predicted octanol–water partition coefficient (Wildman–Crippen LogP) is 4.01. The Labute approximate surface area is 167 Å². The highest BCUT2D eigenvalue weighted by molar-refractivity contribution is 7.84. The van der Waals surface area contributed by atoms with E-state index in [0.29, 0.717) is 12.8 Å². The van der Waals surface area contributed by atoms with Crippen molar-refractivity contribution in [1.82, 2.24) is 9.62 Å². The molecule has 2 unspecified atom stereocenters. The summed E-state index contributed by atoms with van der Waals surface area (Å²) in [6.45, 7) is 5.40. The fourth-order valence-corrected chi connectivity index (χ4v) is 4.95. The number of hydrogen-bond acceptors (Lipinski definition) is 3. The third kappa shape index (κ3) is 4.38. The number of ether oxygens (including phenoxy) is 1. The molecular weight excluding hydrogens is 386 g/mol. The first-order chi connectivity index (χ1) is 13.1. The quantitative estimate of drug-likeness (QED) is 0.792. The number of rotatable bonds is 5. The minimum absolute atomic E-state index is 0.0728. The number of alkyl halides is 2. The van der Waals surface area contributed by atoms with Gasteiger partial charge in [0.25, 0.3) is 6.43 Å². The second kappa shape index (κ2) is 8.06. The van der Waals surface area contributed by atoms with E-state index in [1.807, 2.05) is 30.3 Å². The molecule has 0 aliphatic carbocycles. The van der Waals surface area contributed by atoms with Crippen LogP contribution in [0, 0.1) is 0 Å². The van der Waals surface area contributed by atoms with Gasteiger partial charge in [0.05, 0.1) is 21.3 Å². The van der Waals surface area contributed by atoms with Gasteiger partial charge in [0.1, 0.15) is 6.61 Å². The molecule has 2 aliphatic heterocycles. The molecule has 2 fully saturated rings. The maximum absolute atomic E-state index is 14.1. The number of amides is 1. The van der Waals surface area contributed by atoms with Crippen LogP contribution in [0.1, 0.15) is 52.0 Å². The molecular formula is C20H28F2N2O3S. The Bertz CT molecular complexity index is 710. The van der Waals surface area contributed by atoms with Crippen LogP contribution in [0.4, 0.5) is 13.6 Å². The summed E-state index contributed by atoms with van der Waals surface area (Å²) in [5.41, 5.74) is -0.662. The molecule has 1 amide bonds. The van der Waals surface area contributed by atoms with Crippen LogP contribution in [-0.2, 0) is 22.3 Å². The van der Waals surface area contributed by atoms with Crippen LogP contribution < -0.4 is 4.72 Å². The SMILES string of the molecule is CC(C)(C)S(=O)NC1(C(F)F)C[C@H]2CC[C@@H](C1)N2C(=O)OCc1ccccc1. The Balaban J connectivity index is 1.69. The van der Waals surface area contributed by atoms with Gasteiger partial charge in [-0.2, -0.15) is 0 Å². The third-order valence-electron chi connectivity index (χ3n) is 5.51. The highest BCUT2D eigenvalue weighted by atomic mass is 32.2. The number of benzene rings is 1. The molecule has 1 N–H and O–H groups in total. The van der Waals surface area contributed by atoms with Crippen LogP contribution in [0.2, 0.25) is 0 Å². The highest BCUT2D eigenvalue weighted by Gasteiger charge is 2.55. The van der Waals surface area contributed by atoms with Crippen molar-refractivity contribution in [3.63, 3.8) is 0 Å². The molecule has 2 aliphatic rings. The van der Waals surface area contributed by atoms with Gasteiger partial charge in [-0.1, -0.05) is 30.3 Å². The molecule has 0 spiro atoms. The van der Waals surface area contributed by atoms with Crippen molar-refractivity contribution < 1.29 is 22.5 Å². The Kier molecular flexibility index (Phi) is 6.10. The van der Waals surface area contributed by atoms with Crippen molar-refractivity contribution in [3.05, 3.63) is 35.9 Å². The lowest BCUT2D eigenvalue weighted by Crippen LogP contribution is -2.63. The van der Waals surface area contributed by atoms with E-state index >= 15 is 0 Å². The number of nitrogens with zero attached hydrogens (tertiary/aromatic N) is 1. The van der Waals surface area contributed by atoms with E-state index in [2.05, 4.69) is 4.72 Å². The predicted molar refractivity (Wildman–Crippen MR) is 104 cm³/mol. The Morgan fingerprint density at radius 2 is 1.82 bits per heavy atom. The molecule has 1 aromatic rings. The van der Waals surface area contributed by atoms with Crippen LogP contribution in [0.5, 0.6) is 0 Å².